The summed E-state index contributed by atoms with van der Waals surface area (Å²) in [5.74, 6) is 0. The van der Waals surface area contributed by atoms with Crippen LogP contribution in [0, 0.1) is 0 Å². The molecule has 5 heteroatoms. The van der Waals surface area contributed by atoms with Gasteiger partial charge >= 0.3 is 0 Å². The molecule has 0 spiro atoms. The van der Waals surface area contributed by atoms with Gasteiger partial charge in [-0.05, 0) is 41.0 Å². The van der Waals surface area contributed by atoms with Crippen LogP contribution in [0.2, 0.25) is 5.02 Å². The largest absolute Gasteiger partial charge is 0.379 e. The second-order valence-corrected chi connectivity index (χ2v) is 7.71. The van der Waals surface area contributed by atoms with E-state index in [1.807, 2.05) is 30.6 Å². The number of fused-ring (bicyclic) bond motifs is 1. The zero-order chi connectivity index (χ0) is 18.2. The van der Waals surface area contributed by atoms with Crippen LogP contribution in [0.4, 0.5) is 0 Å². The third-order valence-electron chi connectivity index (χ3n) is 5.52. The topological polar surface area (TPSA) is 28.6 Å². The Labute approximate surface area is 164 Å². The molecule has 1 fully saturated rings. The van der Waals surface area contributed by atoms with Crippen LogP contribution in [0.5, 0.6) is 0 Å². The van der Waals surface area contributed by atoms with E-state index in [9.17, 15) is 0 Å². The third kappa shape index (κ3) is 3.53. The lowest BCUT2D eigenvalue weighted by Crippen LogP contribution is -2.40. The Bertz CT molecular complexity index is 931. The highest BCUT2D eigenvalue weighted by molar-refractivity contribution is 6.30. The maximum atomic E-state index is 6.15. The molecule has 0 amide bonds. The summed E-state index contributed by atoms with van der Waals surface area (Å²) in [6.45, 7) is 6.96. The van der Waals surface area contributed by atoms with Crippen molar-refractivity contribution < 1.29 is 4.74 Å². The van der Waals surface area contributed by atoms with Gasteiger partial charge in [0.15, 0.2) is 0 Å². The Hall–Kier alpha value is -2.14. The van der Waals surface area contributed by atoms with Gasteiger partial charge in [-0.2, -0.15) is 0 Å². The molecule has 0 N–H and O–H groups in total. The molecular weight excluding hydrogens is 358 g/mol. The molecular formula is C22H22ClN3O. The number of allylic oxidation sites excluding steroid dienone is 2. The maximum Gasteiger partial charge on any atom is 0.0594 e. The second-order valence-electron chi connectivity index (χ2n) is 7.27. The summed E-state index contributed by atoms with van der Waals surface area (Å²) in [5, 5.41) is 0.751. The van der Waals surface area contributed by atoms with Gasteiger partial charge in [0.1, 0.15) is 0 Å². The Balaban J connectivity index is 1.29. The van der Waals surface area contributed by atoms with Crippen molar-refractivity contribution in [3.63, 3.8) is 0 Å². The van der Waals surface area contributed by atoms with Gasteiger partial charge in [-0.15, -0.1) is 0 Å². The molecule has 1 aromatic heterocycles. The fraction of sp³-hybridized carbons (Fsp3) is 0.318. The molecule has 3 heterocycles. The van der Waals surface area contributed by atoms with Crippen LogP contribution in [0.3, 0.4) is 0 Å². The molecule has 1 aromatic carbocycles. The van der Waals surface area contributed by atoms with Crippen LogP contribution in [0.1, 0.15) is 5.56 Å². The summed E-state index contributed by atoms with van der Waals surface area (Å²) in [5.41, 5.74) is 7.63. The summed E-state index contributed by atoms with van der Waals surface area (Å²) in [4.78, 5) is 9.48. The van der Waals surface area contributed by atoms with Gasteiger partial charge in [0.05, 0.1) is 13.2 Å². The summed E-state index contributed by atoms with van der Waals surface area (Å²) in [6.07, 6.45) is 6.18. The highest BCUT2D eigenvalue weighted by atomic mass is 35.5. The predicted octanol–water partition coefficient (Wildman–Crippen LogP) is 3.70. The first-order valence-electron chi connectivity index (χ1n) is 9.49. The van der Waals surface area contributed by atoms with Gasteiger partial charge in [0, 0.05) is 67.0 Å². The summed E-state index contributed by atoms with van der Waals surface area (Å²) in [6, 6.07) is 10.2. The lowest BCUT2D eigenvalue weighted by atomic mass is 10.0. The lowest BCUT2D eigenvalue weighted by Gasteiger charge is -2.29. The Morgan fingerprint density at radius 2 is 1.85 bits per heavy atom. The van der Waals surface area contributed by atoms with Crippen molar-refractivity contribution in [3.8, 4) is 11.1 Å². The van der Waals surface area contributed by atoms with Crippen LogP contribution >= 0.6 is 11.6 Å². The zero-order valence-corrected chi connectivity index (χ0v) is 16.0. The minimum Gasteiger partial charge on any atom is -0.379 e. The fourth-order valence-electron chi connectivity index (χ4n) is 3.93. The quantitative estimate of drug-likeness (QED) is 0.792. The van der Waals surface area contributed by atoms with E-state index in [1.54, 1.807) is 0 Å². The molecule has 0 bridgehead atoms. The van der Waals surface area contributed by atoms with E-state index in [0.29, 0.717) is 0 Å². The molecule has 4 nitrogen and oxygen atoms in total. The number of halogens is 1. The van der Waals surface area contributed by atoms with Gasteiger partial charge < -0.3 is 9.64 Å². The van der Waals surface area contributed by atoms with Crippen molar-refractivity contribution in [1.82, 2.24) is 14.8 Å². The van der Waals surface area contributed by atoms with E-state index in [1.165, 1.54) is 22.4 Å². The molecule has 27 heavy (non-hydrogen) atoms. The van der Waals surface area contributed by atoms with Crippen molar-refractivity contribution in [1.29, 1.82) is 0 Å². The van der Waals surface area contributed by atoms with Gasteiger partial charge in [-0.1, -0.05) is 23.7 Å². The van der Waals surface area contributed by atoms with E-state index in [-0.39, 0.29) is 0 Å². The molecule has 0 unspecified atom stereocenters. The maximum absolute atomic E-state index is 6.15. The monoisotopic (exact) mass is 379 g/mol. The van der Waals surface area contributed by atoms with Gasteiger partial charge in [-0.25, -0.2) is 0 Å². The van der Waals surface area contributed by atoms with E-state index in [2.05, 4.69) is 33.0 Å². The van der Waals surface area contributed by atoms with E-state index in [4.69, 9.17) is 16.3 Å². The van der Waals surface area contributed by atoms with E-state index >= 15 is 0 Å². The molecule has 0 saturated carbocycles. The minimum atomic E-state index is 0.751. The van der Waals surface area contributed by atoms with E-state index in [0.717, 1.165) is 62.1 Å². The standard InChI is InChI=1S/C22H22ClN3O/c23-19-3-1-2-16(11-19)17-10-18(14-24-13-17)21-15-26(22-12-20(21)22)5-4-25-6-8-27-9-7-25/h1-3,10-14H,4-9,15H2. The molecule has 5 rings (SSSR count). The van der Waals surface area contributed by atoms with Crippen LogP contribution in [-0.2, 0) is 4.74 Å². The van der Waals surface area contributed by atoms with Crippen LogP contribution in [0.25, 0.3) is 16.7 Å². The number of rotatable bonds is 5. The third-order valence-corrected chi connectivity index (χ3v) is 5.76. The highest BCUT2D eigenvalue weighted by Gasteiger charge is 2.35. The molecule has 138 valence electrons. The van der Waals surface area contributed by atoms with Crippen LogP contribution < -0.4 is 0 Å². The molecule has 3 aliphatic rings. The number of ether oxygens (including phenoxy) is 1. The minimum absolute atomic E-state index is 0.751. The van der Waals surface area contributed by atoms with Crippen molar-refractivity contribution in [2.75, 3.05) is 45.9 Å². The molecule has 2 aliphatic heterocycles. The van der Waals surface area contributed by atoms with Crippen molar-refractivity contribution in [2.24, 2.45) is 0 Å². The van der Waals surface area contributed by atoms with Crippen molar-refractivity contribution in [3.05, 3.63) is 70.7 Å². The first-order chi connectivity index (χ1) is 13.3. The molecule has 0 atom stereocenters. The van der Waals surface area contributed by atoms with Crippen molar-refractivity contribution >= 4 is 17.2 Å². The molecule has 1 saturated heterocycles. The number of pyridine rings is 1. The Morgan fingerprint density at radius 1 is 1.00 bits per heavy atom. The number of morpholine rings is 1. The first kappa shape index (κ1) is 17.0. The predicted molar refractivity (Wildman–Crippen MR) is 109 cm³/mol. The van der Waals surface area contributed by atoms with Gasteiger partial charge in [0.25, 0.3) is 0 Å². The number of nitrogens with zero attached hydrogens (tertiary/aromatic N) is 3. The van der Waals surface area contributed by atoms with E-state index < -0.39 is 0 Å². The Kier molecular flexibility index (Phi) is 4.48. The molecule has 2 aromatic rings. The normalized spacial score (nSPS) is 19.3. The first-order valence-corrected chi connectivity index (χ1v) is 9.87. The van der Waals surface area contributed by atoms with Gasteiger partial charge in [-0.3, -0.25) is 9.88 Å². The van der Waals surface area contributed by atoms with Crippen molar-refractivity contribution in [2.45, 2.75) is 0 Å². The van der Waals surface area contributed by atoms with Crippen LogP contribution in [-0.4, -0.2) is 60.7 Å². The number of hydrogen-bond donors (Lipinski definition) is 0. The number of benzene rings is 1. The second kappa shape index (κ2) is 7.12. The average molecular weight is 380 g/mol. The lowest BCUT2D eigenvalue weighted by molar-refractivity contribution is 0.0356. The smallest absolute Gasteiger partial charge is 0.0594 e. The number of hydrogen-bond acceptors (Lipinski definition) is 4. The summed E-state index contributed by atoms with van der Waals surface area (Å²) in [7, 11) is 0. The average Bonchev–Trinajstić information content (AvgIpc) is 3.42. The fourth-order valence-corrected chi connectivity index (χ4v) is 4.12. The highest BCUT2D eigenvalue weighted by Crippen LogP contribution is 2.45. The zero-order valence-electron chi connectivity index (χ0n) is 15.2. The molecule has 0 radical (unpaired) electrons. The SMILES string of the molecule is Clc1cccc(-c2cncc(C3=C4C=C4N(CCN4CCOCC4)C3)c2)c1. The number of aromatic nitrogens is 1. The molecule has 1 aliphatic carbocycles. The Morgan fingerprint density at radius 3 is 2.70 bits per heavy atom. The van der Waals surface area contributed by atoms with Crippen LogP contribution in [0.15, 0.2) is 60.1 Å². The van der Waals surface area contributed by atoms with Gasteiger partial charge in [0.2, 0.25) is 0 Å². The summed E-state index contributed by atoms with van der Waals surface area (Å²) < 4.78 is 5.44. The summed E-state index contributed by atoms with van der Waals surface area (Å²) >= 11 is 6.15.